The molecule has 1 atom stereocenters. The van der Waals surface area contributed by atoms with Crippen LogP contribution in [0.2, 0.25) is 0 Å². The number of nitrogens with zero attached hydrogens (tertiary/aromatic N) is 3. The number of benzene rings is 1. The first-order chi connectivity index (χ1) is 18.2. The molecule has 0 saturated carbocycles. The van der Waals surface area contributed by atoms with Gasteiger partial charge in [-0.2, -0.15) is 0 Å². The Bertz CT molecular complexity index is 1150. The highest BCUT2D eigenvalue weighted by Gasteiger charge is 2.21. The maximum atomic E-state index is 12.6. The Morgan fingerprint density at radius 1 is 1.03 bits per heavy atom. The van der Waals surface area contributed by atoms with Gasteiger partial charge in [-0.15, -0.1) is 0 Å². The van der Waals surface area contributed by atoms with Gasteiger partial charge in [0.25, 0.3) is 0 Å². The third-order valence-corrected chi connectivity index (χ3v) is 7.21. The fraction of sp³-hybridized carbons (Fsp3) is 0.500. The second kappa shape index (κ2) is 14.1. The van der Waals surface area contributed by atoms with E-state index >= 15 is 0 Å². The molecular weight excluding hydrogens is 464 g/mol. The highest BCUT2D eigenvalue weighted by Crippen LogP contribution is 2.22. The van der Waals surface area contributed by atoms with Crippen LogP contribution in [-0.4, -0.2) is 67.3 Å². The lowest BCUT2D eigenvalue weighted by atomic mass is 9.95. The first kappa shape index (κ1) is 27.0. The summed E-state index contributed by atoms with van der Waals surface area (Å²) >= 11 is 0. The first-order valence-electron chi connectivity index (χ1n) is 13.5. The minimum Gasteiger partial charge on any atom is -0.467 e. The Morgan fingerprint density at radius 3 is 2.76 bits per heavy atom. The lowest BCUT2D eigenvalue weighted by molar-refractivity contribution is -0.141. The number of hydrogen-bond donors (Lipinski definition) is 1. The second-order valence-corrected chi connectivity index (χ2v) is 9.80. The van der Waals surface area contributed by atoms with Gasteiger partial charge in [0.2, 0.25) is 0 Å². The van der Waals surface area contributed by atoms with E-state index in [-0.39, 0.29) is 5.97 Å². The van der Waals surface area contributed by atoms with Gasteiger partial charge in [-0.1, -0.05) is 30.3 Å². The molecule has 0 fully saturated rings. The SMILES string of the molecule is COCCN(CCCCc1ccc2c(n1)CCCC2)CC[C@H](Nc1nccc2ccccc12)C(=O)OC. The summed E-state index contributed by atoms with van der Waals surface area (Å²) in [5.74, 6) is 0.425. The summed E-state index contributed by atoms with van der Waals surface area (Å²) in [4.78, 5) is 24.4. The number of aromatic nitrogens is 2. The molecule has 0 bridgehead atoms. The summed E-state index contributed by atoms with van der Waals surface area (Å²) in [7, 11) is 3.16. The number of anilines is 1. The molecule has 3 aromatic rings. The van der Waals surface area contributed by atoms with Crippen LogP contribution in [0.1, 0.15) is 49.1 Å². The Hall–Kier alpha value is -3.03. The molecule has 7 nitrogen and oxygen atoms in total. The maximum Gasteiger partial charge on any atom is 0.328 e. The topological polar surface area (TPSA) is 76.6 Å². The summed E-state index contributed by atoms with van der Waals surface area (Å²) in [6.45, 7) is 3.20. The molecule has 0 radical (unpaired) electrons. The van der Waals surface area contributed by atoms with Crippen molar-refractivity contribution in [1.82, 2.24) is 14.9 Å². The van der Waals surface area contributed by atoms with Crippen LogP contribution in [-0.2, 0) is 33.5 Å². The van der Waals surface area contributed by atoms with Crippen molar-refractivity contribution in [2.75, 3.05) is 45.8 Å². The van der Waals surface area contributed by atoms with Gasteiger partial charge >= 0.3 is 5.97 Å². The summed E-state index contributed by atoms with van der Waals surface area (Å²) in [6.07, 6.45) is 10.4. The quantitative estimate of drug-likeness (QED) is 0.249. The van der Waals surface area contributed by atoms with E-state index in [0.717, 1.165) is 56.1 Å². The maximum absolute atomic E-state index is 12.6. The summed E-state index contributed by atoms with van der Waals surface area (Å²) in [6, 6.07) is 14.0. The predicted octanol–water partition coefficient (Wildman–Crippen LogP) is 4.82. The average molecular weight is 505 g/mol. The van der Waals surface area contributed by atoms with Crippen molar-refractivity contribution in [3.63, 3.8) is 0 Å². The number of fused-ring (bicyclic) bond motifs is 2. The molecule has 0 spiro atoms. The number of nitrogens with one attached hydrogen (secondary N) is 1. The predicted molar refractivity (Wildman–Crippen MR) is 148 cm³/mol. The number of hydrogen-bond acceptors (Lipinski definition) is 7. The van der Waals surface area contributed by atoms with Crippen molar-refractivity contribution in [2.45, 2.75) is 57.4 Å². The first-order valence-corrected chi connectivity index (χ1v) is 13.5. The molecule has 1 aliphatic carbocycles. The van der Waals surface area contributed by atoms with Gasteiger partial charge < -0.3 is 19.7 Å². The molecule has 1 aromatic carbocycles. The fourth-order valence-corrected chi connectivity index (χ4v) is 5.07. The van der Waals surface area contributed by atoms with E-state index in [2.05, 4.69) is 27.3 Å². The fourth-order valence-electron chi connectivity index (χ4n) is 5.07. The minimum atomic E-state index is -0.479. The molecule has 0 saturated heterocycles. The van der Waals surface area contributed by atoms with E-state index in [1.807, 2.05) is 30.3 Å². The van der Waals surface area contributed by atoms with E-state index in [4.69, 9.17) is 14.5 Å². The number of methoxy groups -OCH3 is 2. The van der Waals surface area contributed by atoms with Crippen LogP contribution in [0.3, 0.4) is 0 Å². The number of ether oxygens (including phenoxy) is 2. The smallest absolute Gasteiger partial charge is 0.328 e. The summed E-state index contributed by atoms with van der Waals surface area (Å²) in [5, 5.41) is 5.42. The number of esters is 1. The molecule has 2 heterocycles. The molecule has 1 N–H and O–H groups in total. The molecule has 198 valence electrons. The zero-order valence-corrected chi connectivity index (χ0v) is 22.2. The van der Waals surface area contributed by atoms with Crippen LogP contribution < -0.4 is 5.32 Å². The van der Waals surface area contributed by atoms with E-state index < -0.39 is 6.04 Å². The molecule has 7 heteroatoms. The van der Waals surface area contributed by atoms with Crippen LogP contribution >= 0.6 is 0 Å². The highest BCUT2D eigenvalue weighted by atomic mass is 16.5. The molecule has 37 heavy (non-hydrogen) atoms. The number of rotatable bonds is 14. The molecule has 4 rings (SSSR count). The van der Waals surface area contributed by atoms with Crippen LogP contribution in [0.15, 0.2) is 48.7 Å². The van der Waals surface area contributed by atoms with Gasteiger partial charge in [0.05, 0.1) is 13.7 Å². The third kappa shape index (κ3) is 7.73. The number of aryl methyl sites for hydroxylation is 3. The van der Waals surface area contributed by atoms with E-state index in [1.165, 1.54) is 43.3 Å². The van der Waals surface area contributed by atoms with Crippen LogP contribution in [0.25, 0.3) is 10.8 Å². The molecule has 0 aliphatic heterocycles. The standard InChI is InChI=1S/C30H40N4O3/c1-36-22-21-34(19-8-7-11-25-15-14-24-10-4-6-13-27(24)32-25)20-17-28(30(35)37-2)33-29-26-12-5-3-9-23(26)16-18-31-29/h3,5,9,12,14-16,18,28H,4,6-8,10-11,13,17,19-22H2,1-2H3,(H,31,33)/t28-/m0/s1. The van der Waals surface area contributed by atoms with Gasteiger partial charge in [-0.25, -0.2) is 9.78 Å². The number of carbonyl (C=O) groups is 1. The minimum absolute atomic E-state index is 0.278. The lowest BCUT2D eigenvalue weighted by Crippen LogP contribution is -2.37. The summed E-state index contributed by atoms with van der Waals surface area (Å²) < 4.78 is 10.5. The summed E-state index contributed by atoms with van der Waals surface area (Å²) in [5.41, 5.74) is 3.96. The normalized spacial score (nSPS) is 13.9. The van der Waals surface area contributed by atoms with Crippen molar-refractivity contribution >= 4 is 22.6 Å². The van der Waals surface area contributed by atoms with Gasteiger partial charge in [0.1, 0.15) is 11.9 Å². The van der Waals surface area contributed by atoms with E-state index in [0.29, 0.717) is 18.8 Å². The van der Waals surface area contributed by atoms with Crippen molar-refractivity contribution in [2.24, 2.45) is 0 Å². The Labute approximate surface area is 220 Å². The largest absolute Gasteiger partial charge is 0.467 e. The van der Waals surface area contributed by atoms with Crippen LogP contribution in [0.4, 0.5) is 5.82 Å². The molecule has 0 unspecified atom stereocenters. The Morgan fingerprint density at radius 2 is 1.89 bits per heavy atom. The average Bonchev–Trinajstić information content (AvgIpc) is 2.95. The Kier molecular flexibility index (Phi) is 10.3. The molecule has 2 aromatic heterocycles. The van der Waals surface area contributed by atoms with Gasteiger partial charge in [0, 0.05) is 43.2 Å². The highest BCUT2D eigenvalue weighted by molar-refractivity contribution is 5.93. The molecular formula is C30H40N4O3. The number of pyridine rings is 2. The Balaban J connectivity index is 1.31. The van der Waals surface area contributed by atoms with Crippen LogP contribution in [0, 0.1) is 0 Å². The molecule has 0 amide bonds. The van der Waals surface area contributed by atoms with E-state index in [9.17, 15) is 4.79 Å². The van der Waals surface area contributed by atoms with E-state index in [1.54, 1.807) is 13.3 Å². The van der Waals surface area contributed by atoms with Gasteiger partial charge in [-0.3, -0.25) is 4.98 Å². The van der Waals surface area contributed by atoms with Crippen molar-refractivity contribution in [1.29, 1.82) is 0 Å². The number of carbonyl (C=O) groups excluding carboxylic acids is 1. The molecule has 1 aliphatic rings. The van der Waals surface area contributed by atoms with Gasteiger partial charge in [0.15, 0.2) is 0 Å². The lowest BCUT2D eigenvalue weighted by Gasteiger charge is -2.25. The number of unbranched alkanes of at least 4 members (excludes halogenated alkanes) is 1. The van der Waals surface area contributed by atoms with Crippen molar-refractivity contribution < 1.29 is 14.3 Å². The second-order valence-electron chi connectivity index (χ2n) is 9.80. The van der Waals surface area contributed by atoms with Crippen molar-refractivity contribution in [3.05, 3.63) is 65.6 Å². The van der Waals surface area contributed by atoms with Crippen LogP contribution in [0.5, 0.6) is 0 Å². The van der Waals surface area contributed by atoms with Gasteiger partial charge in [-0.05, 0) is 81.0 Å². The third-order valence-electron chi connectivity index (χ3n) is 7.21. The van der Waals surface area contributed by atoms with Crippen molar-refractivity contribution in [3.8, 4) is 0 Å². The zero-order chi connectivity index (χ0) is 25.9. The monoisotopic (exact) mass is 504 g/mol. The zero-order valence-electron chi connectivity index (χ0n) is 22.2.